The normalized spacial score (nSPS) is 14.9. The molecule has 1 unspecified atom stereocenters. The number of hydrogen-bond acceptors (Lipinski definition) is 7. The summed E-state index contributed by atoms with van der Waals surface area (Å²) in [5.74, 6) is -0.948. The van der Waals surface area contributed by atoms with Crippen LogP contribution in [0.25, 0.3) is 0 Å². The fourth-order valence-corrected chi connectivity index (χ4v) is 4.70. The summed E-state index contributed by atoms with van der Waals surface area (Å²) >= 11 is 0. The van der Waals surface area contributed by atoms with Gasteiger partial charge in [-0.2, -0.15) is 18.4 Å². The third-order valence-corrected chi connectivity index (χ3v) is 6.90. The van der Waals surface area contributed by atoms with Gasteiger partial charge in [-0.25, -0.2) is 18.8 Å². The SMILES string of the molecule is COC(=O)C1=C(C)N(c2cccc(C(F)(F)F)c2)c2nn(CCCN(C)C(C)=O)c(=O)n2C1c1ccc(C#N)cc1. The number of rotatable bonds is 7. The minimum absolute atomic E-state index is 0.00578. The van der Waals surface area contributed by atoms with E-state index in [1.165, 1.54) is 59.6 Å². The number of ether oxygens (including phenoxy) is 1. The molecule has 2 aromatic carbocycles. The Morgan fingerprint density at radius 2 is 1.85 bits per heavy atom. The minimum atomic E-state index is -4.64. The molecule has 3 aromatic rings. The highest BCUT2D eigenvalue weighted by molar-refractivity contribution is 5.93. The van der Waals surface area contributed by atoms with Gasteiger partial charge in [-0.3, -0.25) is 9.69 Å². The molecule has 0 aliphatic carbocycles. The summed E-state index contributed by atoms with van der Waals surface area (Å²) in [6.45, 7) is 3.39. The molecule has 0 saturated carbocycles. The van der Waals surface area contributed by atoms with Gasteiger partial charge in [-0.15, -0.1) is 5.10 Å². The van der Waals surface area contributed by atoms with Crippen molar-refractivity contribution in [3.05, 3.63) is 87.0 Å². The molecule has 1 aliphatic heterocycles. The lowest BCUT2D eigenvalue weighted by Gasteiger charge is -2.35. The van der Waals surface area contributed by atoms with Crippen molar-refractivity contribution in [1.82, 2.24) is 19.2 Å². The Hall–Kier alpha value is -4.86. The first kappa shape index (κ1) is 29.1. The highest BCUT2D eigenvalue weighted by Crippen LogP contribution is 2.43. The van der Waals surface area contributed by atoms with Crippen LogP contribution in [0.3, 0.4) is 0 Å². The average Bonchev–Trinajstić information content (AvgIpc) is 3.26. The number of carbonyl (C=O) groups excluding carboxylic acids is 2. The van der Waals surface area contributed by atoms with Crippen molar-refractivity contribution in [3.8, 4) is 6.07 Å². The number of methoxy groups -OCH3 is 1. The highest BCUT2D eigenvalue weighted by atomic mass is 19.4. The first-order chi connectivity index (χ1) is 19.4. The number of amides is 1. The summed E-state index contributed by atoms with van der Waals surface area (Å²) in [7, 11) is 2.79. The van der Waals surface area contributed by atoms with Crippen molar-refractivity contribution in [1.29, 1.82) is 5.26 Å². The van der Waals surface area contributed by atoms with Crippen LogP contribution in [0.15, 0.2) is 64.6 Å². The smallest absolute Gasteiger partial charge is 0.416 e. The molecule has 1 aromatic heterocycles. The third kappa shape index (κ3) is 5.58. The number of carbonyl (C=O) groups is 2. The summed E-state index contributed by atoms with van der Waals surface area (Å²) in [6, 6.07) is 11.7. The molecular formula is C28H27F3N6O4. The van der Waals surface area contributed by atoms with E-state index in [4.69, 9.17) is 4.74 Å². The summed E-state index contributed by atoms with van der Waals surface area (Å²) in [5.41, 5.74) is -0.457. The van der Waals surface area contributed by atoms with Gasteiger partial charge in [0.2, 0.25) is 11.9 Å². The van der Waals surface area contributed by atoms with E-state index in [9.17, 15) is 32.8 Å². The Bertz CT molecular complexity index is 1620. The molecule has 0 bridgehead atoms. The van der Waals surface area contributed by atoms with Crippen molar-refractivity contribution in [2.45, 2.75) is 39.0 Å². The number of allylic oxidation sites excluding steroid dienone is 1. The molecule has 1 atom stereocenters. The Morgan fingerprint density at radius 1 is 1.17 bits per heavy atom. The summed E-state index contributed by atoms with van der Waals surface area (Å²) in [5, 5.41) is 13.7. The fraction of sp³-hybridized carbons (Fsp3) is 0.321. The van der Waals surface area contributed by atoms with Crippen LogP contribution in [0.5, 0.6) is 0 Å². The van der Waals surface area contributed by atoms with Crippen molar-refractivity contribution < 1.29 is 27.5 Å². The van der Waals surface area contributed by atoms with Crippen LogP contribution >= 0.6 is 0 Å². The molecule has 0 spiro atoms. The van der Waals surface area contributed by atoms with Gasteiger partial charge in [-0.1, -0.05) is 18.2 Å². The standard InChI is InChI=1S/C28H27F3N6O4/c1-17-23(25(39)41-4)24(20-11-9-19(16-32)10-12-20)37-26(33-35(27(37)40)14-6-13-34(3)18(2)38)36(17)22-8-5-7-21(15-22)28(29,30)31/h5,7-12,15,24H,6,13-14H2,1-4H3. The van der Waals surface area contributed by atoms with Crippen LogP contribution in [-0.4, -0.2) is 51.8 Å². The van der Waals surface area contributed by atoms with Crippen LogP contribution in [0.4, 0.5) is 24.8 Å². The predicted octanol–water partition coefficient (Wildman–Crippen LogP) is 3.99. The van der Waals surface area contributed by atoms with Gasteiger partial charge in [0, 0.05) is 38.4 Å². The molecule has 2 heterocycles. The maximum absolute atomic E-state index is 13.8. The van der Waals surface area contributed by atoms with E-state index in [0.29, 0.717) is 24.1 Å². The number of nitrogens with zero attached hydrogens (tertiary/aromatic N) is 6. The maximum Gasteiger partial charge on any atom is 0.416 e. The number of hydrogen-bond donors (Lipinski definition) is 0. The fourth-order valence-electron chi connectivity index (χ4n) is 4.70. The average molecular weight is 569 g/mol. The summed E-state index contributed by atoms with van der Waals surface area (Å²) in [6.07, 6.45) is -4.27. The number of aryl methyl sites for hydroxylation is 1. The molecule has 10 nitrogen and oxygen atoms in total. The number of nitriles is 1. The quantitative estimate of drug-likeness (QED) is 0.396. The molecule has 0 fully saturated rings. The number of halogens is 3. The Labute approximate surface area is 233 Å². The molecule has 0 N–H and O–H groups in total. The molecule has 1 amide bonds. The van der Waals surface area contributed by atoms with E-state index >= 15 is 0 Å². The van der Waals surface area contributed by atoms with Crippen LogP contribution in [0.1, 0.15) is 43.0 Å². The van der Waals surface area contributed by atoms with E-state index in [1.807, 2.05) is 6.07 Å². The van der Waals surface area contributed by atoms with Crippen molar-refractivity contribution in [3.63, 3.8) is 0 Å². The number of fused-ring (bicyclic) bond motifs is 1. The van der Waals surface area contributed by atoms with Gasteiger partial charge < -0.3 is 9.64 Å². The predicted molar refractivity (Wildman–Crippen MR) is 142 cm³/mol. The molecule has 214 valence electrons. The van der Waals surface area contributed by atoms with Crippen molar-refractivity contribution in [2.75, 3.05) is 25.6 Å². The molecule has 0 radical (unpaired) electrons. The minimum Gasteiger partial charge on any atom is -0.466 e. The van der Waals surface area contributed by atoms with E-state index in [-0.39, 0.29) is 35.4 Å². The van der Waals surface area contributed by atoms with Crippen LogP contribution in [-0.2, 0) is 27.0 Å². The van der Waals surface area contributed by atoms with E-state index in [2.05, 4.69) is 5.10 Å². The monoisotopic (exact) mass is 568 g/mol. The second kappa shape index (κ2) is 11.3. The first-order valence-electron chi connectivity index (χ1n) is 12.6. The Kier molecular flexibility index (Phi) is 8.05. The molecular weight excluding hydrogens is 541 g/mol. The summed E-state index contributed by atoms with van der Waals surface area (Å²) < 4.78 is 48.3. The summed E-state index contributed by atoms with van der Waals surface area (Å²) in [4.78, 5) is 41.5. The van der Waals surface area contributed by atoms with E-state index in [0.717, 1.165) is 16.8 Å². The van der Waals surface area contributed by atoms with E-state index < -0.39 is 29.4 Å². The zero-order valence-corrected chi connectivity index (χ0v) is 22.8. The van der Waals surface area contributed by atoms with Gasteiger partial charge in [0.05, 0.1) is 29.9 Å². The van der Waals surface area contributed by atoms with Gasteiger partial charge in [0.25, 0.3) is 0 Å². The van der Waals surface area contributed by atoms with Gasteiger partial charge in [0.1, 0.15) is 6.04 Å². The third-order valence-electron chi connectivity index (χ3n) is 6.90. The van der Waals surface area contributed by atoms with Crippen molar-refractivity contribution >= 4 is 23.5 Å². The lowest BCUT2D eigenvalue weighted by molar-refractivity contribution is -0.138. The molecule has 41 heavy (non-hydrogen) atoms. The Balaban J connectivity index is 1.95. The van der Waals surface area contributed by atoms with Gasteiger partial charge >= 0.3 is 17.8 Å². The number of aromatic nitrogens is 3. The lowest BCUT2D eigenvalue weighted by atomic mass is 9.93. The van der Waals surface area contributed by atoms with Gasteiger partial charge in [-0.05, 0) is 49.2 Å². The lowest BCUT2D eigenvalue weighted by Crippen LogP contribution is -2.38. The zero-order chi connectivity index (χ0) is 30.1. The molecule has 0 saturated heterocycles. The second-order valence-electron chi connectivity index (χ2n) is 9.48. The second-order valence-corrected chi connectivity index (χ2v) is 9.48. The largest absolute Gasteiger partial charge is 0.466 e. The number of alkyl halides is 3. The number of esters is 1. The first-order valence-corrected chi connectivity index (χ1v) is 12.6. The molecule has 4 rings (SSSR count). The maximum atomic E-state index is 13.8. The van der Waals surface area contributed by atoms with Crippen LogP contribution in [0.2, 0.25) is 0 Å². The molecule has 1 aliphatic rings. The van der Waals surface area contributed by atoms with Crippen LogP contribution < -0.4 is 10.6 Å². The van der Waals surface area contributed by atoms with Crippen molar-refractivity contribution in [2.24, 2.45) is 0 Å². The zero-order valence-electron chi connectivity index (χ0n) is 22.8. The topological polar surface area (TPSA) is 113 Å². The van der Waals surface area contributed by atoms with E-state index in [1.54, 1.807) is 19.2 Å². The van der Waals surface area contributed by atoms with Crippen LogP contribution in [0, 0.1) is 11.3 Å². The highest BCUT2D eigenvalue weighted by Gasteiger charge is 2.41. The van der Waals surface area contributed by atoms with Gasteiger partial charge in [0.15, 0.2) is 0 Å². The number of benzene rings is 2. The Morgan fingerprint density at radius 3 is 2.44 bits per heavy atom. The number of anilines is 2. The molecule has 13 heteroatoms.